The van der Waals surface area contributed by atoms with Gasteiger partial charge in [0.1, 0.15) is 11.5 Å². The number of nitrogens with one attached hydrogen (secondary N) is 1. The topological polar surface area (TPSA) is 153 Å². The molecule has 212 valence electrons. The molecule has 40 heavy (non-hydrogen) atoms. The Morgan fingerprint density at radius 2 is 1.77 bits per heavy atom. The molecule has 9 nitrogen and oxygen atoms in total. The highest BCUT2D eigenvalue weighted by Crippen LogP contribution is 2.48. The van der Waals surface area contributed by atoms with Crippen LogP contribution in [0.1, 0.15) is 53.6 Å². The van der Waals surface area contributed by atoms with Crippen LogP contribution in [0.5, 0.6) is 5.75 Å². The normalized spacial score (nSPS) is 23.4. The fourth-order valence-electron chi connectivity index (χ4n) is 6.72. The Morgan fingerprint density at radius 3 is 2.45 bits per heavy atom. The summed E-state index contributed by atoms with van der Waals surface area (Å²) in [5.74, 6) is -4.23. The first-order chi connectivity index (χ1) is 19.3. The second-order valence-electron chi connectivity index (χ2n) is 11.3. The van der Waals surface area contributed by atoms with Gasteiger partial charge in [0.05, 0.1) is 23.6 Å². The number of nitrogens with two attached hydrogens (primary N) is 1. The number of benzene rings is 2. The number of fused-ring (bicyclic) bond motifs is 2. The molecule has 1 aliphatic heterocycles. The molecular weight excluding hydrogens is 510 g/mol. The number of phenols is 1. The van der Waals surface area contributed by atoms with Crippen LogP contribution in [0.25, 0.3) is 0 Å². The summed E-state index contributed by atoms with van der Waals surface area (Å²) < 4.78 is 0. The van der Waals surface area contributed by atoms with Crippen LogP contribution in [0.2, 0.25) is 0 Å². The monoisotopic (exact) mass is 547 g/mol. The molecule has 1 saturated heterocycles. The van der Waals surface area contributed by atoms with Gasteiger partial charge in [0.2, 0.25) is 5.91 Å². The quantitative estimate of drug-likeness (QED) is 0.237. The van der Waals surface area contributed by atoms with Crippen molar-refractivity contribution in [2.75, 3.05) is 25.0 Å². The van der Waals surface area contributed by atoms with Gasteiger partial charge in [-0.05, 0) is 61.1 Å². The Hall–Kier alpha value is -3.69. The van der Waals surface area contributed by atoms with Crippen molar-refractivity contribution in [2.45, 2.75) is 51.1 Å². The summed E-state index contributed by atoms with van der Waals surface area (Å²) in [5.41, 5.74) is 7.93. The average molecular weight is 548 g/mol. The summed E-state index contributed by atoms with van der Waals surface area (Å²) in [6, 6.07) is 14.1. The summed E-state index contributed by atoms with van der Waals surface area (Å²) in [6.45, 7) is 2.53. The fourth-order valence-corrected chi connectivity index (χ4v) is 6.72. The van der Waals surface area contributed by atoms with Crippen molar-refractivity contribution in [3.05, 3.63) is 70.5 Å². The first kappa shape index (κ1) is 27.9. The zero-order valence-corrected chi connectivity index (χ0v) is 22.5. The van der Waals surface area contributed by atoms with Crippen molar-refractivity contribution in [3.63, 3.8) is 0 Å². The lowest BCUT2D eigenvalue weighted by molar-refractivity contribution is -0.130. The van der Waals surface area contributed by atoms with Crippen LogP contribution in [0.15, 0.2) is 53.8 Å². The van der Waals surface area contributed by atoms with E-state index in [1.807, 2.05) is 24.3 Å². The number of hydrogen-bond donors (Lipinski definition) is 5. The lowest BCUT2D eigenvalue weighted by Crippen LogP contribution is -2.40. The third-order valence-electron chi connectivity index (χ3n) is 8.63. The highest BCUT2D eigenvalue weighted by atomic mass is 16.3. The number of Topliss-reactive ketones (excluding diaryl/α,β-unsaturated/α-hetero) is 2. The second-order valence-corrected chi connectivity index (χ2v) is 11.3. The van der Waals surface area contributed by atoms with Crippen LogP contribution < -0.4 is 11.1 Å². The van der Waals surface area contributed by atoms with Crippen molar-refractivity contribution in [2.24, 2.45) is 23.5 Å². The number of nitrogens with zero attached hydrogens (tertiary/aromatic N) is 1. The third kappa shape index (κ3) is 5.62. The Morgan fingerprint density at radius 1 is 1.05 bits per heavy atom. The van der Waals surface area contributed by atoms with Gasteiger partial charge in [0, 0.05) is 37.9 Å². The third-order valence-corrected chi connectivity index (χ3v) is 8.63. The number of aliphatic hydroxyl groups excluding tert-OH is 2. The standard InChI is InChI=1S/C31H37N3O6/c32-25(37)16-24(36)26-20(10-13-35)15-21-14-19-6-7-23(29(38)27(19)31(40)28(21)30(26)39)33-22-8-11-34(12-9-22)17-18-4-2-1-3-5-18/h1-7,20-22,26,33,35,38-39H,8-17H2,(H2,32,37). The molecule has 0 aromatic heterocycles. The fraction of sp³-hybridized carbons (Fsp3) is 0.452. The molecule has 0 spiro atoms. The molecule has 1 fully saturated rings. The SMILES string of the molecule is NC(=O)CC(=O)C1C(O)=C2C(=O)c3c(ccc(NC4CCN(Cc5ccccc5)CC4)c3O)CC2CC1CCO. The first-order valence-corrected chi connectivity index (χ1v) is 14.0. The maximum atomic E-state index is 13.7. The summed E-state index contributed by atoms with van der Waals surface area (Å²) >= 11 is 0. The van der Waals surface area contributed by atoms with Crippen LogP contribution in [-0.4, -0.2) is 63.4 Å². The van der Waals surface area contributed by atoms with E-state index >= 15 is 0 Å². The number of amides is 1. The van der Waals surface area contributed by atoms with Crippen LogP contribution in [0, 0.1) is 17.8 Å². The Kier molecular flexibility index (Phi) is 8.23. The molecule has 0 bridgehead atoms. The number of aromatic hydroxyl groups is 1. The largest absolute Gasteiger partial charge is 0.511 e. The minimum atomic E-state index is -1.08. The molecule has 3 aliphatic rings. The van der Waals surface area contributed by atoms with Crippen molar-refractivity contribution < 1.29 is 29.7 Å². The molecule has 5 rings (SSSR count). The molecule has 0 saturated carbocycles. The van der Waals surface area contributed by atoms with E-state index in [4.69, 9.17) is 5.73 Å². The van der Waals surface area contributed by atoms with Crippen molar-refractivity contribution >= 4 is 23.2 Å². The molecular formula is C31H37N3O6. The van der Waals surface area contributed by atoms with E-state index in [0.29, 0.717) is 24.1 Å². The van der Waals surface area contributed by atoms with Crippen LogP contribution in [0.4, 0.5) is 5.69 Å². The highest BCUT2D eigenvalue weighted by Gasteiger charge is 2.46. The summed E-state index contributed by atoms with van der Waals surface area (Å²) in [7, 11) is 0. The number of phenolic OH excluding ortho intramolecular Hbond substituents is 1. The number of ketones is 2. The van der Waals surface area contributed by atoms with Gasteiger partial charge in [0.15, 0.2) is 11.6 Å². The van der Waals surface area contributed by atoms with Crippen LogP contribution >= 0.6 is 0 Å². The molecule has 0 radical (unpaired) electrons. The maximum Gasteiger partial charge on any atom is 0.224 e. The Balaban J connectivity index is 1.34. The molecule has 2 aromatic carbocycles. The van der Waals surface area contributed by atoms with Crippen molar-refractivity contribution in [1.82, 2.24) is 4.90 Å². The van der Waals surface area contributed by atoms with Gasteiger partial charge in [0.25, 0.3) is 0 Å². The number of primary amides is 1. The molecule has 2 aromatic rings. The molecule has 3 atom stereocenters. The summed E-state index contributed by atoms with van der Waals surface area (Å²) in [4.78, 5) is 40.4. The zero-order chi connectivity index (χ0) is 28.4. The second kappa shape index (κ2) is 11.8. The van der Waals surface area contributed by atoms with E-state index in [-0.39, 0.29) is 47.6 Å². The average Bonchev–Trinajstić information content (AvgIpc) is 2.91. The van der Waals surface area contributed by atoms with Gasteiger partial charge in [-0.3, -0.25) is 19.3 Å². The lowest BCUT2D eigenvalue weighted by Gasteiger charge is -2.39. The molecule has 1 heterocycles. The van der Waals surface area contributed by atoms with Gasteiger partial charge in [-0.2, -0.15) is 0 Å². The summed E-state index contributed by atoms with van der Waals surface area (Å²) in [6.07, 6.45) is 2.31. The van der Waals surface area contributed by atoms with E-state index in [0.717, 1.165) is 32.5 Å². The molecule has 3 unspecified atom stereocenters. The van der Waals surface area contributed by atoms with Crippen LogP contribution in [0.3, 0.4) is 0 Å². The van der Waals surface area contributed by atoms with Crippen molar-refractivity contribution in [3.8, 4) is 5.75 Å². The first-order valence-electron chi connectivity index (χ1n) is 14.0. The Labute approximate surface area is 233 Å². The number of carbonyl (C=O) groups is 3. The molecule has 1 amide bonds. The molecule has 6 N–H and O–H groups in total. The Bertz CT molecular complexity index is 1320. The summed E-state index contributed by atoms with van der Waals surface area (Å²) in [5, 5.41) is 35.4. The van der Waals surface area contributed by atoms with Gasteiger partial charge < -0.3 is 26.4 Å². The van der Waals surface area contributed by atoms with Gasteiger partial charge in [-0.25, -0.2) is 0 Å². The maximum absolute atomic E-state index is 13.7. The minimum absolute atomic E-state index is 0.117. The van der Waals surface area contributed by atoms with E-state index < -0.39 is 35.7 Å². The smallest absolute Gasteiger partial charge is 0.224 e. The predicted octanol–water partition coefficient (Wildman–Crippen LogP) is 3.10. The highest BCUT2D eigenvalue weighted by molar-refractivity contribution is 6.14. The lowest BCUT2D eigenvalue weighted by atomic mass is 9.65. The van der Waals surface area contributed by atoms with Crippen molar-refractivity contribution in [1.29, 1.82) is 0 Å². The van der Waals surface area contributed by atoms with E-state index in [9.17, 15) is 29.7 Å². The number of aliphatic hydroxyl groups is 2. The minimum Gasteiger partial charge on any atom is -0.511 e. The predicted molar refractivity (Wildman–Crippen MR) is 150 cm³/mol. The number of anilines is 1. The van der Waals surface area contributed by atoms with Crippen LogP contribution in [-0.2, 0) is 22.6 Å². The van der Waals surface area contributed by atoms with Gasteiger partial charge in [-0.15, -0.1) is 0 Å². The number of piperidine rings is 1. The number of hydrogen-bond acceptors (Lipinski definition) is 8. The molecule has 9 heteroatoms. The number of allylic oxidation sites excluding steroid dienone is 2. The zero-order valence-electron chi connectivity index (χ0n) is 22.5. The van der Waals surface area contributed by atoms with E-state index in [1.165, 1.54) is 5.56 Å². The molecule has 2 aliphatic carbocycles. The van der Waals surface area contributed by atoms with Gasteiger partial charge in [-0.1, -0.05) is 36.4 Å². The number of rotatable bonds is 9. The van der Waals surface area contributed by atoms with E-state index in [1.54, 1.807) is 6.07 Å². The van der Waals surface area contributed by atoms with Gasteiger partial charge >= 0.3 is 0 Å². The number of likely N-dealkylation sites (tertiary alicyclic amines) is 1. The number of carbonyl (C=O) groups excluding carboxylic acids is 3. The van der Waals surface area contributed by atoms with E-state index in [2.05, 4.69) is 22.3 Å².